The van der Waals surface area contributed by atoms with Crippen molar-refractivity contribution in [2.24, 2.45) is 5.73 Å². The number of allylic oxidation sites excluding steroid dienone is 1. The molecule has 0 rings (SSSR count). The first-order valence-electron chi connectivity index (χ1n) is 2.08. The molecule has 0 aliphatic heterocycles. The fourth-order valence-electron chi connectivity index (χ4n) is 0.222. The molecule has 0 aliphatic carbocycles. The zero-order chi connectivity index (χ0) is 5.70. The summed E-state index contributed by atoms with van der Waals surface area (Å²) in [5.41, 5.74) is 5.76. The average molecular weight is 96.1 g/mol. The first-order chi connectivity index (χ1) is 3.31. The molecular formula is C5H8N2. The van der Waals surface area contributed by atoms with Crippen LogP contribution in [0.5, 0.6) is 0 Å². The molecular weight excluding hydrogens is 88.1 g/mol. The smallest absolute Gasteiger partial charge is 0.0941 e. The van der Waals surface area contributed by atoms with Gasteiger partial charge in [0.2, 0.25) is 0 Å². The number of nitrogens with zero attached hydrogens (tertiary/aromatic N) is 1. The molecule has 0 spiro atoms. The van der Waals surface area contributed by atoms with Gasteiger partial charge in [-0.1, -0.05) is 6.08 Å². The van der Waals surface area contributed by atoms with Gasteiger partial charge in [-0.05, 0) is 6.92 Å². The van der Waals surface area contributed by atoms with Crippen molar-refractivity contribution in [2.45, 2.75) is 6.92 Å². The van der Waals surface area contributed by atoms with Crippen LogP contribution in [0.1, 0.15) is 6.92 Å². The van der Waals surface area contributed by atoms with E-state index in [0.29, 0.717) is 12.1 Å². The van der Waals surface area contributed by atoms with Gasteiger partial charge in [-0.2, -0.15) is 5.26 Å². The molecule has 0 saturated carbocycles. The molecule has 0 amide bonds. The quantitative estimate of drug-likeness (QED) is 0.481. The van der Waals surface area contributed by atoms with E-state index in [1.165, 1.54) is 0 Å². The lowest BCUT2D eigenvalue weighted by molar-refractivity contribution is 1.23. The Labute approximate surface area is 43.2 Å². The summed E-state index contributed by atoms with van der Waals surface area (Å²) in [6, 6.07) is 1.95. The average Bonchev–Trinajstić information content (AvgIpc) is 1.68. The lowest BCUT2D eigenvalue weighted by Crippen LogP contribution is -1.93. The summed E-state index contributed by atoms with van der Waals surface area (Å²) >= 11 is 0. The van der Waals surface area contributed by atoms with Crippen molar-refractivity contribution in [3.05, 3.63) is 11.6 Å². The Balaban J connectivity index is 3.57. The van der Waals surface area contributed by atoms with Gasteiger partial charge < -0.3 is 5.73 Å². The molecule has 0 fully saturated rings. The van der Waals surface area contributed by atoms with E-state index in [1.54, 1.807) is 13.0 Å². The van der Waals surface area contributed by atoms with Gasteiger partial charge in [0.05, 0.1) is 6.07 Å². The molecule has 0 bridgehead atoms. The molecule has 0 atom stereocenters. The van der Waals surface area contributed by atoms with Gasteiger partial charge >= 0.3 is 0 Å². The second-order valence-electron chi connectivity index (χ2n) is 1.23. The van der Waals surface area contributed by atoms with Crippen LogP contribution in [0.2, 0.25) is 0 Å². The molecule has 0 aliphatic rings. The maximum atomic E-state index is 8.09. The van der Waals surface area contributed by atoms with Crippen molar-refractivity contribution in [3.63, 3.8) is 0 Å². The highest BCUT2D eigenvalue weighted by Crippen LogP contribution is 1.83. The summed E-state index contributed by atoms with van der Waals surface area (Å²) in [6.07, 6.45) is 1.68. The topological polar surface area (TPSA) is 49.8 Å². The number of rotatable bonds is 1. The number of hydrogen-bond donors (Lipinski definition) is 1. The summed E-state index contributed by atoms with van der Waals surface area (Å²) in [4.78, 5) is 0. The van der Waals surface area contributed by atoms with E-state index in [1.807, 2.05) is 6.07 Å². The van der Waals surface area contributed by atoms with E-state index in [0.717, 1.165) is 0 Å². The van der Waals surface area contributed by atoms with Gasteiger partial charge in [0, 0.05) is 12.1 Å². The summed E-state index contributed by atoms with van der Waals surface area (Å²) in [6.45, 7) is 2.19. The number of nitrogens with two attached hydrogens (primary N) is 1. The van der Waals surface area contributed by atoms with E-state index < -0.39 is 0 Å². The van der Waals surface area contributed by atoms with E-state index in [9.17, 15) is 0 Å². The van der Waals surface area contributed by atoms with E-state index in [4.69, 9.17) is 11.0 Å². The molecule has 2 nitrogen and oxygen atoms in total. The second-order valence-corrected chi connectivity index (χ2v) is 1.23. The molecule has 0 radical (unpaired) electrons. The number of hydrogen-bond acceptors (Lipinski definition) is 2. The Morgan fingerprint density at radius 3 is 2.71 bits per heavy atom. The maximum absolute atomic E-state index is 8.09. The van der Waals surface area contributed by atoms with Crippen LogP contribution in [0, 0.1) is 11.3 Å². The lowest BCUT2D eigenvalue weighted by atomic mass is 10.3. The van der Waals surface area contributed by atoms with E-state index in [2.05, 4.69) is 0 Å². The molecule has 0 aromatic rings. The van der Waals surface area contributed by atoms with Crippen LogP contribution in [0.4, 0.5) is 0 Å². The van der Waals surface area contributed by atoms with Crippen LogP contribution in [0.15, 0.2) is 11.6 Å². The van der Waals surface area contributed by atoms with Gasteiger partial charge in [0.15, 0.2) is 0 Å². The molecule has 0 heterocycles. The molecule has 7 heavy (non-hydrogen) atoms. The van der Waals surface area contributed by atoms with Crippen molar-refractivity contribution in [1.29, 1.82) is 5.26 Å². The van der Waals surface area contributed by atoms with Crippen LogP contribution in [0.3, 0.4) is 0 Å². The second kappa shape index (κ2) is 3.38. The van der Waals surface area contributed by atoms with Crippen LogP contribution in [-0.2, 0) is 0 Å². The predicted molar refractivity (Wildman–Crippen MR) is 28.4 cm³/mol. The third-order valence-electron chi connectivity index (χ3n) is 0.600. The molecule has 0 aromatic heterocycles. The lowest BCUT2D eigenvalue weighted by Gasteiger charge is -1.77. The molecule has 2 N–H and O–H groups in total. The Morgan fingerprint density at radius 2 is 2.57 bits per heavy atom. The first kappa shape index (κ1) is 6.19. The summed E-state index contributed by atoms with van der Waals surface area (Å²) in [5.74, 6) is 0. The van der Waals surface area contributed by atoms with Crippen molar-refractivity contribution < 1.29 is 0 Å². The van der Waals surface area contributed by atoms with Crippen molar-refractivity contribution in [1.82, 2.24) is 0 Å². The van der Waals surface area contributed by atoms with Crippen molar-refractivity contribution in [3.8, 4) is 6.07 Å². The fourth-order valence-corrected chi connectivity index (χ4v) is 0.222. The van der Waals surface area contributed by atoms with Gasteiger partial charge in [0.25, 0.3) is 0 Å². The Hall–Kier alpha value is -0.810. The van der Waals surface area contributed by atoms with E-state index in [-0.39, 0.29) is 0 Å². The summed E-state index contributed by atoms with van der Waals surface area (Å²) < 4.78 is 0. The Kier molecular flexibility index (Phi) is 2.99. The third kappa shape index (κ3) is 3.01. The third-order valence-corrected chi connectivity index (χ3v) is 0.600. The molecule has 0 aromatic carbocycles. The minimum Gasteiger partial charge on any atom is -0.327 e. The minimum absolute atomic E-state index is 0.458. The minimum atomic E-state index is 0.458. The van der Waals surface area contributed by atoms with Gasteiger partial charge in [0.1, 0.15) is 0 Å². The summed E-state index contributed by atoms with van der Waals surface area (Å²) in [5, 5.41) is 8.09. The predicted octanol–water partition coefficient (Wildman–Crippen LogP) is 0.415. The molecule has 0 unspecified atom stereocenters. The van der Waals surface area contributed by atoms with E-state index >= 15 is 0 Å². The highest BCUT2D eigenvalue weighted by atomic mass is 14.5. The van der Waals surface area contributed by atoms with Crippen molar-refractivity contribution in [2.75, 3.05) is 6.54 Å². The summed E-state index contributed by atoms with van der Waals surface area (Å²) in [7, 11) is 0. The Bertz CT molecular complexity index is 108. The van der Waals surface area contributed by atoms with Gasteiger partial charge in [-0.15, -0.1) is 0 Å². The maximum Gasteiger partial charge on any atom is 0.0941 e. The van der Waals surface area contributed by atoms with Gasteiger partial charge in [-0.25, -0.2) is 0 Å². The molecule has 2 heteroatoms. The van der Waals surface area contributed by atoms with Crippen LogP contribution in [0.25, 0.3) is 0 Å². The first-order valence-corrected chi connectivity index (χ1v) is 2.08. The zero-order valence-corrected chi connectivity index (χ0v) is 4.31. The molecule has 38 valence electrons. The SMILES string of the molecule is C/C(C#N)=C\CN. The van der Waals surface area contributed by atoms with Crippen LogP contribution in [-0.4, -0.2) is 6.54 Å². The monoisotopic (exact) mass is 96.1 g/mol. The number of nitriles is 1. The zero-order valence-electron chi connectivity index (χ0n) is 4.31. The van der Waals surface area contributed by atoms with Crippen LogP contribution >= 0.6 is 0 Å². The fraction of sp³-hybridized carbons (Fsp3) is 0.400. The standard InChI is InChI=1S/C5H8N2/c1-5(4-7)2-3-6/h2H,3,6H2,1H3/b5-2+. The largest absolute Gasteiger partial charge is 0.327 e. The van der Waals surface area contributed by atoms with Gasteiger partial charge in [-0.3, -0.25) is 0 Å². The Morgan fingerprint density at radius 1 is 2.00 bits per heavy atom. The highest BCUT2D eigenvalue weighted by molar-refractivity contribution is 5.17. The normalized spacial score (nSPS) is 10.7. The molecule has 0 saturated heterocycles. The van der Waals surface area contributed by atoms with Crippen LogP contribution < -0.4 is 5.73 Å². The van der Waals surface area contributed by atoms with Crippen molar-refractivity contribution >= 4 is 0 Å². The highest BCUT2D eigenvalue weighted by Gasteiger charge is 1.75.